The van der Waals surface area contributed by atoms with Crippen molar-refractivity contribution in [2.45, 2.75) is 175 Å². The summed E-state index contributed by atoms with van der Waals surface area (Å²) in [5.74, 6) is 8.12. The van der Waals surface area contributed by atoms with Gasteiger partial charge in [-0.1, -0.05) is 147 Å². The molecule has 1 aromatic carbocycles. The summed E-state index contributed by atoms with van der Waals surface area (Å²) in [6, 6.07) is 10.5. The van der Waals surface area contributed by atoms with E-state index in [-0.39, 0.29) is 6.10 Å². The number of hydrogen-bond donors (Lipinski definition) is 1. The van der Waals surface area contributed by atoms with Crippen LogP contribution in [0.4, 0.5) is 0 Å². The zero-order valence-electron chi connectivity index (χ0n) is 26.9. The Bertz CT molecular complexity index is 701. The van der Waals surface area contributed by atoms with Crippen molar-refractivity contribution >= 4 is 0 Å². The predicted octanol–water partition coefficient (Wildman–Crippen LogP) is 11.4. The van der Waals surface area contributed by atoms with Gasteiger partial charge in [-0.3, -0.25) is 0 Å². The van der Waals surface area contributed by atoms with Crippen molar-refractivity contribution in [3.8, 4) is 11.8 Å². The van der Waals surface area contributed by atoms with Gasteiger partial charge in [-0.05, 0) is 50.0 Å². The molecule has 0 aliphatic rings. The van der Waals surface area contributed by atoms with E-state index in [1.165, 1.54) is 134 Å². The Balaban J connectivity index is 1.74. The molecule has 0 bridgehead atoms. The van der Waals surface area contributed by atoms with Crippen LogP contribution in [-0.2, 0) is 11.3 Å². The summed E-state index contributed by atoms with van der Waals surface area (Å²) in [6.45, 7) is 8.12. The smallest absolute Gasteiger partial charge is 0.0716 e. The number of aliphatic hydroxyl groups is 1. The molecule has 2 nitrogen and oxygen atoms in total. The van der Waals surface area contributed by atoms with E-state index >= 15 is 0 Å². The lowest BCUT2D eigenvalue weighted by Gasteiger charge is -2.14. The van der Waals surface area contributed by atoms with Crippen LogP contribution in [0.5, 0.6) is 0 Å². The van der Waals surface area contributed by atoms with Gasteiger partial charge in [0, 0.05) is 19.4 Å². The van der Waals surface area contributed by atoms with Crippen molar-refractivity contribution in [2.75, 3.05) is 6.61 Å². The lowest BCUT2D eigenvalue weighted by molar-refractivity contribution is 0.116. The Kier molecular flexibility index (Phi) is 25.6. The lowest BCUT2D eigenvalue weighted by Crippen LogP contribution is -2.12. The quantitative estimate of drug-likeness (QED) is 0.0865. The summed E-state index contributed by atoms with van der Waals surface area (Å²) in [5.41, 5.74) is 1.27. The van der Waals surface area contributed by atoms with Gasteiger partial charge in [-0.2, -0.15) is 0 Å². The molecule has 2 heteroatoms. The molecule has 0 saturated carbocycles. The van der Waals surface area contributed by atoms with E-state index in [2.05, 4.69) is 56.0 Å². The number of benzene rings is 1. The van der Waals surface area contributed by atoms with Crippen LogP contribution in [0.15, 0.2) is 30.3 Å². The topological polar surface area (TPSA) is 29.5 Å². The average molecular weight is 555 g/mol. The maximum Gasteiger partial charge on any atom is 0.0716 e. The second-order valence-electron chi connectivity index (χ2n) is 12.6. The lowest BCUT2D eigenvalue weighted by atomic mass is 9.96. The molecular weight excluding hydrogens is 488 g/mol. The molecule has 0 aliphatic carbocycles. The van der Waals surface area contributed by atoms with Crippen LogP contribution in [0.2, 0.25) is 0 Å². The van der Waals surface area contributed by atoms with Crippen molar-refractivity contribution in [3.63, 3.8) is 0 Å². The monoisotopic (exact) mass is 555 g/mol. The number of unbranched alkanes of at least 4 members (excludes halogenated alkanes) is 16. The van der Waals surface area contributed by atoms with Crippen LogP contribution in [-0.4, -0.2) is 17.8 Å². The SMILES string of the molecule is CC(O)[C@H](C)CCCCCCC[C@@H](C)CCC#CCCCCCCCCCCCCCCOCc1ccccc1. The largest absolute Gasteiger partial charge is 0.393 e. The molecule has 0 aliphatic heterocycles. The highest BCUT2D eigenvalue weighted by atomic mass is 16.5. The first-order valence-corrected chi connectivity index (χ1v) is 17.3. The van der Waals surface area contributed by atoms with Gasteiger partial charge in [-0.15, -0.1) is 11.8 Å². The van der Waals surface area contributed by atoms with Gasteiger partial charge < -0.3 is 9.84 Å². The minimum atomic E-state index is -0.155. The minimum absolute atomic E-state index is 0.155. The van der Waals surface area contributed by atoms with Crippen molar-refractivity contribution in [1.29, 1.82) is 0 Å². The van der Waals surface area contributed by atoms with Crippen molar-refractivity contribution < 1.29 is 9.84 Å². The zero-order chi connectivity index (χ0) is 28.9. The highest BCUT2D eigenvalue weighted by Crippen LogP contribution is 2.18. The highest BCUT2D eigenvalue weighted by molar-refractivity contribution is 5.13. The first-order chi connectivity index (χ1) is 19.6. The predicted molar refractivity (Wildman–Crippen MR) is 175 cm³/mol. The van der Waals surface area contributed by atoms with Crippen LogP contribution in [0, 0.1) is 23.7 Å². The van der Waals surface area contributed by atoms with E-state index in [1.54, 1.807) is 0 Å². The van der Waals surface area contributed by atoms with Crippen LogP contribution in [0.3, 0.4) is 0 Å². The Labute approximate surface area is 250 Å². The van der Waals surface area contributed by atoms with Crippen molar-refractivity contribution in [1.82, 2.24) is 0 Å². The second kappa shape index (κ2) is 27.8. The summed E-state index contributed by atoms with van der Waals surface area (Å²) in [7, 11) is 0. The Morgan fingerprint density at radius 1 is 0.575 bits per heavy atom. The third kappa shape index (κ3) is 24.5. The van der Waals surface area contributed by atoms with Gasteiger partial charge >= 0.3 is 0 Å². The molecule has 0 saturated heterocycles. The fourth-order valence-corrected chi connectivity index (χ4v) is 5.32. The molecule has 0 fully saturated rings. The Hall–Kier alpha value is -1.30. The molecule has 230 valence electrons. The second-order valence-corrected chi connectivity index (χ2v) is 12.6. The van der Waals surface area contributed by atoms with Gasteiger partial charge in [0.2, 0.25) is 0 Å². The summed E-state index contributed by atoms with van der Waals surface area (Å²) in [4.78, 5) is 0. The Morgan fingerprint density at radius 2 is 1.07 bits per heavy atom. The molecule has 0 radical (unpaired) electrons. The summed E-state index contributed by atoms with van der Waals surface area (Å²) in [5, 5.41) is 9.55. The highest BCUT2D eigenvalue weighted by Gasteiger charge is 2.07. The van der Waals surface area contributed by atoms with Gasteiger partial charge in [0.05, 0.1) is 12.7 Å². The summed E-state index contributed by atoms with van der Waals surface area (Å²) in [6.07, 6.45) is 28.9. The average Bonchev–Trinajstić information content (AvgIpc) is 2.96. The molecule has 1 N–H and O–H groups in total. The first kappa shape index (κ1) is 36.7. The minimum Gasteiger partial charge on any atom is -0.393 e. The van der Waals surface area contributed by atoms with E-state index in [0.717, 1.165) is 32.0 Å². The van der Waals surface area contributed by atoms with Gasteiger partial charge in [0.1, 0.15) is 0 Å². The van der Waals surface area contributed by atoms with Crippen LogP contribution >= 0.6 is 0 Å². The fourth-order valence-electron chi connectivity index (χ4n) is 5.32. The van der Waals surface area contributed by atoms with Crippen LogP contribution < -0.4 is 0 Å². The fraction of sp³-hybridized carbons (Fsp3) is 0.789. The van der Waals surface area contributed by atoms with Gasteiger partial charge in [0.15, 0.2) is 0 Å². The summed E-state index contributed by atoms with van der Waals surface area (Å²) >= 11 is 0. The molecule has 1 aromatic rings. The standard InChI is InChI=1S/C38H66O2/c1-35(29-23-18-16-19-24-30-36(2)37(3)39)28-22-17-14-12-10-8-6-4-5-7-9-11-13-15-20-27-33-40-34-38-31-25-21-26-32-38/h21,25-26,31-32,35-37,39H,4-13,15-16,18-20,22-24,27-30,33-34H2,1-3H3/t35-,36+,37?/m0/s1. The third-order valence-electron chi connectivity index (χ3n) is 8.52. The molecule has 0 heterocycles. The van der Waals surface area contributed by atoms with E-state index in [9.17, 15) is 5.11 Å². The molecule has 0 aromatic heterocycles. The van der Waals surface area contributed by atoms with E-state index < -0.39 is 0 Å². The van der Waals surface area contributed by atoms with Gasteiger partial charge in [0.25, 0.3) is 0 Å². The molecule has 1 unspecified atom stereocenters. The van der Waals surface area contributed by atoms with Gasteiger partial charge in [-0.25, -0.2) is 0 Å². The molecule has 1 rings (SSSR count). The first-order valence-electron chi connectivity index (χ1n) is 17.3. The zero-order valence-corrected chi connectivity index (χ0v) is 26.9. The van der Waals surface area contributed by atoms with E-state index in [4.69, 9.17) is 4.74 Å². The maximum atomic E-state index is 9.55. The molecule has 0 amide bonds. The van der Waals surface area contributed by atoms with Crippen LogP contribution in [0.25, 0.3) is 0 Å². The number of aliphatic hydroxyl groups excluding tert-OH is 1. The molecule has 40 heavy (non-hydrogen) atoms. The third-order valence-corrected chi connectivity index (χ3v) is 8.52. The van der Waals surface area contributed by atoms with E-state index in [1.807, 2.05) is 6.92 Å². The van der Waals surface area contributed by atoms with Crippen molar-refractivity contribution in [3.05, 3.63) is 35.9 Å². The van der Waals surface area contributed by atoms with Crippen molar-refractivity contribution in [2.24, 2.45) is 11.8 Å². The van der Waals surface area contributed by atoms with E-state index in [0.29, 0.717) is 5.92 Å². The summed E-state index contributed by atoms with van der Waals surface area (Å²) < 4.78 is 5.77. The maximum absolute atomic E-state index is 9.55. The molecule has 0 spiro atoms. The Morgan fingerprint density at radius 3 is 1.68 bits per heavy atom. The molecular formula is C38H66O2. The normalized spacial score (nSPS) is 13.5. The number of hydrogen-bond acceptors (Lipinski definition) is 2. The molecule has 3 atom stereocenters. The number of ether oxygens (including phenoxy) is 1. The van der Waals surface area contributed by atoms with Crippen LogP contribution in [0.1, 0.15) is 168 Å². The number of rotatable bonds is 27.